The highest BCUT2D eigenvalue weighted by Crippen LogP contribution is 2.24. The number of para-hydroxylation sites is 1. The number of halogens is 1. The predicted octanol–water partition coefficient (Wildman–Crippen LogP) is 4.37. The fraction of sp³-hybridized carbons (Fsp3) is 0.238. The molecule has 30 heavy (non-hydrogen) atoms. The van der Waals surface area contributed by atoms with Crippen LogP contribution in [-0.2, 0) is 18.4 Å². The van der Waals surface area contributed by atoms with Gasteiger partial charge >= 0.3 is 0 Å². The number of nitrogens with one attached hydrogen (secondary N) is 1. The van der Waals surface area contributed by atoms with Gasteiger partial charge in [-0.3, -0.25) is 9.59 Å². The molecule has 0 radical (unpaired) electrons. The molecule has 156 valence electrons. The molecule has 1 amide bonds. The molecule has 7 nitrogen and oxygen atoms in total. The number of ketones is 1. The second-order valence-corrected chi connectivity index (χ2v) is 7.93. The van der Waals surface area contributed by atoms with Crippen molar-refractivity contribution in [2.24, 2.45) is 7.05 Å². The molecule has 0 aliphatic carbocycles. The third-order valence-corrected chi connectivity index (χ3v) is 5.59. The normalized spacial score (nSPS) is 10.6. The number of benzene rings is 2. The first kappa shape index (κ1) is 21.9. The Labute approximate surface area is 183 Å². The molecule has 0 fully saturated rings. The summed E-state index contributed by atoms with van der Waals surface area (Å²) in [7, 11) is 1.85. The number of aromatic nitrogens is 3. The number of amides is 1. The second-order valence-electron chi connectivity index (χ2n) is 6.46. The Morgan fingerprint density at radius 2 is 1.87 bits per heavy atom. The van der Waals surface area contributed by atoms with E-state index >= 15 is 0 Å². The highest BCUT2D eigenvalue weighted by molar-refractivity contribution is 7.99. The number of carbonyl (C=O) groups excluding carboxylic acids is 2. The van der Waals surface area contributed by atoms with Crippen molar-refractivity contribution in [3.05, 3.63) is 64.9 Å². The van der Waals surface area contributed by atoms with E-state index in [-0.39, 0.29) is 18.3 Å². The highest BCUT2D eigenvalue weighted by Gasteiger charge is 2.12. The van der Waals surface area contributed by atoms with Crippen molar-refractivity contribution < 1.29 is 14.3 Å². The van der Waals surface area contributed by atoms with Crippen LogP contribution in [0.2, 0.25) is 5.02 Å². The second kappa shape index (κ2) is 10.3. The van der Waals surface area contributed by atoms with Crippen LogP contribution < -0.4 is 10.1 Å². The number of hydrogen-bond donors (Lipinski definition) is 1. The number of anilines is 1. The number of rotatable bonds is 9. The third-order valence-electron chi connectivity index (χ3n) is 4.25. The van der Waals surface area contributed by atoms with E-state index < -0.39 is 0 Å². The van der Waals surface area contributed by atoms with Crippen molar-refractivity contribution in [2.75, 3.05) is 11.1 Å². The van der Waals surface area contributed by atoms with E-state index in [0.717, 1.165) is 0 Å². The number of carbonyl (C=O) groups is 2. The van der Waals surface area contributed by atoms with Gasteiger partial charge in [-0.05, 0) is 43.3 Å². The van der Waals surface area contributed by atoms with E-state index in [1.54, 1.807) is 36.4 Å². The van der Waals surface area contributed by atoms with Crippen molar-refractivity contribution in [3.8, 4) is 5.75 Å². The highest BCUT2D eigenvalue weighted by atomic mass is 35.5. The quantitative estimate of drug-likeness (QED) is 0.389. The zero-order valence-electron chi connectivity index (χ0n) is 16.6. The van der Waals surface area contributed by atoms with Gasteiger partial charge in [0.1, 0.15) is 12.4 Å². The Hall–Kier alpha value is -2.84. The maximum absolute atomic E-state index is 12.1. The summed E-state index contributed by atoms with van der Waals surface area (Å²) in [6.07, 6.45) is 0.317. The minimum atomic E-state index is -0.109. The minimum absolute atomic E-state index is 0.00964. The monoisotopic (exact) mass is 444 g/mol. The van der Waals surface area contributed by atoms with Gasteiger partial charge in [0.15, 0.2) is 16.8 Å². The average Bonchev–Trinajstić information content (AvgIpc) is 3.07. The van der Waals surface area contributed by atoms with E-state index in [2.05, 4.69) is 15.5 Å². The standard InChI is InChI=1S/C21H21ClN4O3S/c1-14(27)15-7-9-16(10-8-15)23-20(28)11-12-30-21-25-24-19(26(21)2)13-29-18-6-4-3-5-17(18)22/h3-10H,11-13H2,1-2H3,(H,23,28). The molecule has 0 aliphatic heterocycles. The number of nitrogens with zero attached hydrogens (tertiary/aromatic N) is 3. The summed E-state index contributed by atoms with van der Waals surface area (Å²) in [4.78, 5) is 23.4. The molecular weight excluding hydrogens is 424 g/mol. The predicted molar refractivity (Wildman–Crippen MR) is 117 cm³/mol. The first-order chi connectivity index (χ1) is 14.4. The van der Waals surface area contributed by atoms with E-state index in [4.69, 9.17) is 16.3 Å². The van der Waals surface area contributed by atoms with Crippen LogP contribution in [0, 0.1) is 0 Å². The third kappa shape index (κ3) is 5.84. The van der Waals surface area contributed by atoms with Gasteiger partial charge in [-0.15, -0.1) is 10.2 Å². The Balaban J connectivity index is 1.46. The van der Waals surface area contributed by atoms with Gasteiger partial charge in [-0.25, -0.2) is 0 Å². The smallest absolute Gasteiger partial charge is 0.225 e. The molecule has 1 aromatic heterocycles. The van der Waals surface area contributed by atoms with Gasteiger partial charge < -0.3 is 14.6 Å². The molecule has 0 unspecified atom stereocenters. The summed E-state index contributed by atoms with van der Waals surface area (Å²) in [5, 5.41) is 12.4. The van der Waals surface area contributed by atoms with Crippen molar-refractivity contribution in [1.29, 1.82) is 0 Å². The molecule has 0 saturated carbocycles. The van der Waals surface area contributed by atoms with Crippen molar-refractivity contribution >= 4 is 40.7 Å². The first-order valence-corrected chi connectivity index (χ1v) is 10.6. The lowest BCUT2D eigenvalue weighted by atomic mass is 10.1. The number of hydrogen-bond acceptors (Lipinski definition) is 6. The molecule has 0 aliphatic rings. The Morgan fingerprint density at radius 1 is 1.13 bits per heavy atom. The number of thioether (sulfide) groups is 1. The van der Waals surface area contributed by atoms with Crippen LogP contribution >= 0.6 is 23.4 Å². The van der Waals surface area contributed by atoms with Gasteiger partial charge in [0, 0.05) is 30.5 Å². The van der Waals surface area contributed by atoms with Crippen molar-refractivity contribution in [3.63, 3.8) is 0 Å². The van der Waals surface area contributed by atoms with Crippen molar-refractivity contribution in [2.45, 2.75) is 25.1 Å². The first-order valence-electron chi connectivity index (χ1n) is 9.23. The molecule has 0 spiro atoms. The molecule has 2 aromatic carbocycles. The van der Waals surface area contributed by atoms with Gasteiger partial charge in [0.2, 0.25) is 5.91 Å². The fourth-order valence-electron chi connectivity index (χ4n) is 2.55. The minimum Gasteiger partial charge on any atom is -0.484 e. The van der Waals surface area contributed by atoms with Crippen LogP contribution in [0.5, 0.6) is 5.75 Å². The molecule has 0 bridgehead atoms. The SMILES string of the molecule is CC(=O)c1ccc(NC(=O)CCSc2nnc(COc3ccccc3Cl)n2C)cc1. The maximum Gasteiger partial charge on any atom is 0.225 e. The Morgan fingerprint density at radius 3 is 2.57 bits per heavy atom. The average molecular weight is 445 g/mol. The van der Waals surface area contributed by atoms with Crippen LogP contribution in [0.1, 0.15) is 29.5 Å². The zero-order valence-corrected chi connectivity index (χ0v) is 18.2. The molecule has 1 heterocycles. The van der Waals surface area contributed by atoms with Crippen LogP contribution in [0.4, 0.5) is 5.69 Å². The summed E-state index contributed by atoms with van der Waals surface area (Å²) < 4.78 is 7.53. The largest absolute Gasteiger partial charge is 0.484 e. The number of Topliss-reactive ketones (excluding diaryl/α,β-unsaturated/α-hetero) is 1. The Bertz CT molecular complexity index is 1040. The molecule has 3 rings (SSSR count). The van der Waals surface area contributed by atoms with Crippen molar-refractivity contribution in [1.82, 2.24) is 14.8 Å². The fourth-order valence-corrected chi connectivity index (χ4v) is 3.61. The molecule has 0 atom stereocenters. The topological polar surface area (TPSA) is 86.1 Å². The van der Waals surface area contributed by atoms with Gasteiger partial charge in [-0.2, -0.15) is 0 Å². The summed E-state index contributed by atoms with van der Waals surface area (Å²) in [6, 6.07) is 14.1. The molecule has 0 saturated heterocycles. The summed E-state index contributed by atoms with van der Waals surface area (Å²) in [5.74, 6) is 1.68. The van der Waals surface area contributed by atoms with E-state index in [1.165, 1.54) is 18.7 Å². The molecular formula is C21H21ClN4O3S. The molecule has 3 aromatic rings. The van der Waals surface area contributed by atoms with Gasteiger partial charge in [0.05, 0.1) is 5.02 Å². The molecule has 9 heteroatoms. The molecule has 1 N–H and O–H groups in total. The Kier molecular flexibility index (Phi) is 7.48. The number of ether oxygens (including phenoxy) is 1. The maximum atomic E-state index is 12.1. The van der Waals surface area contributed by atoms with E-state index in [0.29, 0.717) is 45.2 Å². The zero-order chi connectivity index (χ0) is 21.5. The van der Waals surface area contributed by atoms with Crippen LogP contribution in [0.25, 0.3) is 0 Å². The van der Waals surface area contributed by atoms with Crippen LogP contribution in [0.15, 0.2) is 53.7 Å². The lowest BCUT2D eigenvalue weighted by Crippen LogP contribution is -2.12. The van der Waals surface area contributed by atoms with E-state index in [1.807, 2.05) is 23.7 Å². The lowest BCUT2D eigenvalue weighted by Gasteiger charge is -2.08. The van der Waals surface area contributed by atoms with E-state index in [9.17, 15) is 9.59 Å². The summed E-state index contributed by atoms with van der Waals surface area (Å²) in [5.41, 5.74) is 1.27. The lowest BCUT2D eigenvalue weighted by molar-refractivity contribution is -0.115. The van der Waals surface area contributed by atoms with Crippen LogP contribution in [0.3, 0.4) is 0 Å². The summed E-state index contributed by atoms with van der Waals surface area (Å²) >= 11 is 7.53. The summed E-state index contributed by atoms with van der Waals surface area (Å²) in [6.45, 7) is 1.75. The van der Waals surface area contributed by atoms with Crippen LogP contribution in [-0.4, -0.2) is 32.2 Å². The van der Waals surface area contributed by atoms with Gasteiger partial charge in [0.25, 0.3) is 0 Å². The van der Waals surface area contributed by atoms with Gasteiger partial charge in [-0.1, -0.05) is 35.5 Å².